The van der Waals surface area contributed by atoms with Gasteiger partial charge in [0, 0.05) is 30.7 Å². The van der Waals surface area contributed by atoms with Gasteiger partial charge < -0.3 is 14.6 Å². The van der Waals surface area contributed by atoms with Crippen LogP contribution in [0.3, 0.4) is 0 Å². The number of phenolic OH excluding ortho intramolecular Hbond substituents is 1. The molecule has 10 heteroatoms. The van der Waals surface area contributed by atoms with Crippen molar-refractivity contribution < 1.29 is 33.8 Å². The van der Waals surface area contributed by atoms with Crippen LogP contribution in [0.5, 0.6) is 17.2 Å². The van der Waals surface area contributed by atoms with Gasteiger partial charge in [-0.25, -0.2) is 0 Å². The van der Waals surface area contributed by atoms with Gasteiger partial charge in [-0.2, -0.15) is 5.01 Å². The van der Waals surface area contributed by atoms with E-state index in [2.05, 4.69) is 5.43 Å². The lowest BCUT2D eigenvalue weighted by Crippen LogP contribution is -2.53. The Morgan fingerprint density at radius 3 is 2.28 bits per heavy atom. The number of allylic oxidation sites excluding steroid dienone is 2. The number of hydrazine groups is 1. The number of ether oxygens (including phenoxy) is 2. The average molecular weight is 622 g/mol. The number of phenols is 1. The van der Waals surface area contributed by atoms with Gasteiger partial charge in [-0.3, -0.25) is 29.5 Å². The standard InChI is InChI=1S/C36H35N3O7/c1-19-10-12-21(13-11-19)37-39-33(42)26-18-25-23(14-15-24-29(25)34(43)38(2)32(24)41)31(30-27(40)16-22(45-3)17-28(30)46-4)36(26,35(39)44)20-8-6-5-7-9-20/h5-14,16-17,24-26,29,31,37,40H,15,18H2,1-4H3/t24-,25+,26-,29-,31+,36+/m0/s1. The third-order valence-electron chi connectivity index (χ3n) is 10.5. The maximum absolute atomic E-state index is 15.2. The number of amides is 4. The van der Waals surface area contributed by atoms with Crippen LogP contribution in [0.2, 0.25) is 0 Å². The first-order chi connectivity index (χ1) is 22.1. The summed E-state index contributed by atoms with van der Waals surface area (Å²) in [5.41, 5.74) is 4.77. The Labute approximate surface area is 266 Å². The van der Waals surface area contributed by atoms with Gasteiger partial charge in [0.15, 0.2) is 0 Å². The number of methoxy groups -OCH3 is 2. The molecule has 2 heterocycles. The fourth-order valence-corrected chi connectivity index (χ4v) is 8.38. The van der Waals surface area contributed by atoms with Gasteiger partial charge in [0.05, 0.1) is 43.1 Å². The fourth-order valence-electron chi connectivity index (χ4n) is 8.38. The minimum Gasteiger partial charge on any atom is -0.507 e. The molecular weight excluding hydrogens is 586 g/mol. The second kappa shape index (κ2) is 10.8. The topological polar surface area (TPSA) is 125 Å². The number of imide groups is 2. The minimum absolute atomic E-state index is 0.168. The first-order valence-corrected chi connectivity index (χ1v) is 15.4. The lowest BCUT2D eigenvalue weighted by atomic mass is 9.49. The number of hydrogen-bond donors (Lipinski definition) is 2. The smallest absolute Gasteiger partial charge is 0.260 e. The summed E-state index contributed by atoms with van der Waals surface area (Å²) in [5.74, 6) is -4.66. The highest BCUT2D eigenvalue weighted by Gasteiger charge is 2.70. The number of hydrogen-bond acceptors (Lipinski definition) is 8. The molecule has 46 heavy (non-hydrogen) atoms. The molecule has 3 aromatic rings. The maximum atomic E-state index is 15.2. The normalized spacial score (nSPS) is 28.4. The predicted octanol–water partition coefficient (Wildman–Crippen LogP) is 4.33. The summed E-state index contributed by atoms with van der Waals surface area (Å²) in [6.45, 7) is 1.95. The van der Waals surface area contributed by atoms with Crippen molar-refractivity contribution in [3.63, 3.8) is 0 Å². The Morgan fingerprint density at radius 2 is 1.61 bits per heavy atom. The summed E-state index contributed by atoms with van der Waals surface area (Å²) in [6, 6.07) is 19.6. The number of nitrogens with zero attached hydrogens (tertiary/aromatic N) is 2. The van der Waals surface area contributed by atoms with Crippen LogP contribution in [0.4, 0.5) is 5.69 Å². The van der Waals surface area contributed by atoms with E-state index in [1.165, 1.54) is 32.2 Å². The molecule has 2 saturated heterocycles. The molecule has 0 bridgehead atoms. The summed E-state index contributed by atoms with van der Waals surface area (Å²) in [7, 11) is 4.44. The minimum atomic E-state index is -1.53. The molecule has 6 atom stereocenters. The molecule has 4 amide bonds. The van der Waals surface area contributed by atoms with Gasteiger partial charge in [0.1, 0.15) is 17.2 Å². The van der Waals surface area contributed by atoms with Gasteiger partial charge in [-0.1, -0.05) is 59.7 Å². The van der Waals surface area contributed by atoms with Gasteiger partial charge in [0.2, 0.25) is 11.8 Å². The Morgan fingerprint density at radius 1 is 0.891 bits per heavy atom. The molecule has 0 spiro atoms. The van der Waals surface area contributed by atoms with Crippen molar-refractivity contribution in [3.8, 4) is 17.2 Å². The fraction of sp³-hybridized carbons (Fsp3) is 0.333. The number of anilines is 1. The van der Waals surface area contributed by atoms with Crippen molar-refractivity contribution in [2.24, 2.45) is 23.7 Å². The van der Waals surface area contributed by atoms with Crippen LogP contribution in [0.1, 0.15) is 35.4 Å². The molecule has 7 rings (SSSR count). The molecule has 2 aliphatic heterocycles. The number of carbonyl (C=O) groups excluding carboxylic acids is 4. The number of rotatable bonds is 6. The molecule has 2 N–H and O–H groups in total. The molecule has 3 aromatic carbocycles. The third-order valence-corrected chi connectivity index (χ3v) is 10.5. The first kappa shape index (κ1) is 29.6. The van der Waals surface area contributed by atoms with E-state index in [4.69, 9.17) is 9.47 Å². The van der Waals surface area contributed by atoms with E-state index in [-0.39, 0.29) is 29.7 Å². The first-order valence-electron chi connectivity index (χ1n) is 15.4. The number of likely N-dealkylation sites (tertiary alicyclic amines) is 1. The predicted molar refractivity (Wildman–Crippen MR) is 168 cm³/mol. The summed E-state index contributed by atoms with van der Waals surface area (Å²) < 4.78 is 11.3. The Hall–Kier alpha value is -5.12. The Balaban J connectivity index is 1.51. The largest absolute Gasteiger partial charge is 0.507 e. The number of benzene rings is 3. The van der Waals surface area contributed by atoms with Crippen LogP contribution in [-0.2, 0) is 24.6 Å². The number of aromatic hydroxyl groups is 1. The molecule has 0 radical (unpaired) electrons. The van der Waals surface area contributed by atoms with E-state index >= 15 is 4.79 Å². The lowest BCUT2D eigenvalue weighted by molar-refractivity contribution is -0.140. The lowest BCUT2D eigenvalue weighted by Gasteiger charge is -2.50. The molecule has 1 saturated carbocycles. The van der Waals surface area contributed by atoms with E-state index in [0.29, 0.717) is 29.0 Å². The van der Waals surface area contributed by atoms with Crippen LogP contribution in [0.15, 0.2) is 78.4 Å². The molecule has 3 fully saturated rings. The SMILES string of the molecule is COc1cc(O)c([C@H]2C3=CC[C@@H]4C(=O)N(C)C(=O)[C@@H]4[C@@H]3C[C@H]3C(=O)N(Nc4ccc(C)cc4)C(=O)[C@@]23c2ccccc2)c(OC)c1. The van der Waals surface area contributed by atoms with E-state index < -0.39 is 46.8 Å². The van der Waals surface area contributed by atoms with Gasteiger partial charge in [-0.15, -0.1) is 0 Å². The highest BCUT2D eigenvalue weighted by Crippen LogP contribution is 2.66. The molecule has 2 aliphatic carbocycles. The van der Waals surface area contributed by atoms with Crippen LogP contribution >= 0.6 is 0 Å². The second-order valence-electron chi connectivity index (χ2n) is 12.6. The Kier molecular flexibility index (Phi) is 6.91. The van der Waals surface area contributed by atoms with Crippen molar-refractivity contribution in [3.05, 3.63) is 95.1 Å². The molecule has 0 unspecified atom stereocenters. The van der Waals surface area contributed by atoms with Crippen molar-refractivity contribution in [1.29, 1.82) is 0 Å². The maximum Gasteiger partial charge on any atom is 0.260 e. The van der Waals surface area contributed by atoms with E-state index in [1.54, 1.807) is 18.2 Å². The second-order valence-corrected chi connectivity index (χ2v) is 12.6. The quantitative estimate of drug-likeness (QED) is 0.308. The van der Waals surface area contributed by atoms with Crippen molar-refractivity contribution >= 4 is 29.3 Å². The van der Waals surface area contributed by atoms with Crippen molar-refractivity contribution in [1.82, 2.24) is 9.91 Å². The average Bonchev–Trinajstić information content (AvgIpc) is 3.42. The number of carbonyl (C=O) groups is 4. The van der Waals surface area contributed by atoms with E-state index in [9.17, 15) is 19.5 Å². The Bertz CT molecular complexity index is 1800. The summed E-state index contributed by atoms with van der Waals surface area (Å²) in [4.78, 5) is 57.8. The summed E-state index contributed by atoms with van der Waals surface area (Å²) in [5, 5.41) is 12.8. The van der Waals surface area contributed by atoms with E-state index in [0.717, 1.165) is 16.1 Å². The monoisotopic (exact) mass is 621 g/mol. The number of fused-ring (bicyclic) bond motifs is 4. The van der Waals surface area contributed by atoms with Crippen LogP contribution in [-0.4, -0.2) is 59.9 Å². The molecular formula is C36H35N3O7. The van der Waals surface area contributed by atoms with Crippen molar-refractivity contribution in [2.75, 3.05) is 26.7 Å². The number of nitrogens with one attached hydrogen (secondary N) is 1. The molecule has 4 aliphatic rings. The highest BCUT2D eigenvalue weighted by atomic mass is 16.5. The van der Waals surface area contributed by atoms with Crippen molar-refractivity contribution in [2.45, 2.75) is 31.1 Å². The highest BCUT2D eigenvalue weighted by molar-refractivity contribution is 6.13. The van der Waals surface area contributed by atoms with Gasteiger partial charge >= 0.3 is 0 Å². The van der Waals surface area contributed by atoms with E-state index in [1.807, 2.05) is 55.5 Å². The van der Waals surface area contributed by atoms with Gasteiger partial charge in [0.25, 0.3) is 11.8 Å². The van der Waals surface area contributed by atoms with Crippen LogP contribution < -0.4 is 14.9 Å². The molecule has 10 nitrogen and oxygen atoms in total. The zero-order valence-corrected chi connectivity index (χ0v) is 26.0. The number of aryl methyl sites for hydroxylation is 1. The molecule has 236 valence electrons. The third kappa shape index (κ3) is 4.01. The molecule has 0 aromatic heterocycles. The zero-order chi connectivity index (χ0) is 32.5. The summed E-state index contributed by atoms with van der Waals surface area (Å²) >= 11 is 0. The van der Waals surface area contributed by atoms with Gasteiger partial charge in [-0.05, 0) is 43.4 Å². The van der Waals surface area contributed by atoms with Crippen LogP contribution in [0.25, 0.3) is 0 Å². The summed E-state index contributed by atoms with van der Waals surface area (Å²) in [6.07, 6.45) is 2.41. The van der Waals surface area contributed by atoms with Crippen LogP contribution in [0, 0.1) is 30.6 Å². The zero-order valence-electron chi connectivity index (χ0n) is 26.0.